The van der Waals surface area contributed by atoms with Crippen molar-refractivity contribution in [3.8, 4) is 5.69 Å². The van der Waals surface area contributed by atoms with Gasteiger partial charge >= 0.3 is 0 Å². The minimum Gasteiger partial charge on any atom is -0.308 e. The molecule has 4 aromatic rings. The first-order valence-electron chi connectivity index (χ1n) is 8.38. The molecule has 0 unspecified atom stereocenters. The zero-order valence-electron chi connectivity index (χ0n) is 14.7. The Kier molecular flexibility index (Phi) is 4.28. The molecule has 130 valence electrons. The second-order valence-electron chi connectivity index (χ2n) is 6.73. The summed E-state index contributed by atoms with van der Waals surface area (Å²) < 4.78 is 4.02. The molecule has 4 heteroatoms. The summed E-state index contributed by atoms with van der Waals surface area (Å²) in [5.41, 5.74) is 6.65. The van der Waals surface area contributed by atoms with Gasteiger partial charge in [-0.2, -0.15) is 0 Å². The summed E-state index contributed by atoms with van der Waals surface area (Å²) in [7, 11) is 0. The van der Waals surface area contributed by atoms with Crippen LogP contribution in [-0.2, 0) is 0 Å². The fourth-order valence-electron chi connectivity index (χ4n) is 3.81. The maximum atomic E-state index is 13.1. The summed E-state index contributed by atoms with van der Waals surface area (Å²) >= 11 is 7.01. The van der Waals surface area contributed by atoms with Gasteiger partial charge in [0.05, 0.1) is 16.7 Å². The molecule has 0 fully saturated rings. The molecule has 0 radical (unpaired) electrons. The van der Waals surface area contributed by atoms with Crippen molar-refractivity contribution >= 4 is 53.7 Å². The van der Waals surface area contributed by atoms with Crippen LogP contribution in [0, 0.1) is 20.8 Å². The predicted octanol–water partition coefficient (Wildman–Crippen LogP) is 6.59. The molecule has 0 atom stereocenters. The van der Waals surface area contributed by atoms with Crippen LogP contribution in [0.25, 0.3) is 27.5 Å². The third-order valence-electron chi connectivity index (χ3n) is 4.75. The normalized spacial score (nSPS) is 11.4. The smallest absolute Gasteiger partial charge is 0.197 e. The maximum absolute atomic E-state index is 13.1. The number of aromatic nitrogens is 1. The number of hydrogen-bond acceptors (Lipinski definition) is 1. The van der Waals surface area contributed by atoms with Gasteiger partial charge in [0.2, 0.25) is 0 Å². The first-order chi connectivity index (χ1) is 12.4. The number of benzene rings is 3. The Labute approximate surface area is 168 Å². The standard InChI is InChI=1S/C22H17Br2NO/c1-12-8-13(2)21(14(3)9-12)25-19-6-4-15(23)10-17(19)22(26)18-11-16(24)5-7-20(18)25/h4-11H,1-3H3. The highest BCUT2D eigenvalue weighted by Crippen LogP contribution is 2.31. The van der Waals surface area contributed by atoms with E-state index >= 15 is 0 Å². The molecule has 3 aromatic carbocycles. The maximum Gasteiger partial charge on any atom is 0.197 e. The number of hydrogen-bond donors (Lipinski definition) is 0. The van der Waals surface area contributed by atoms with Gasteiger partial charge in [0, 0.05) is 19.7 Å². The van der Waals surface area contributed by atoms with Gasteiger partial charge in [0.1, 0.15) is 0 Å². The Morgan fingerprint density at radius 1 is 0.731 bits per heavy atom. The monoisotopic (exact) mass is 469 g/mol. The average molecular weight is 471 g/mol. The lowest BCUT2D eigenvalue weighted by atomic mass is 10.0. The highest BCUT2D eigenvalue weighted by atomic mass is 79.9. The minimum atomic E-state index is 0.0521. The van der Waals surface area contributed by atoms with E-state index in [0.717, 1.165) is 25.7 Å². The molecule has 0 aliphatic rings. The molecule has 0 bridgehead atoms. The minimum absolute atomic E-state index is 0.0521. The highest BCUT2D eigenvalue weighted by Gasteiger charge is 2.16. The van der Waals surface area contributed by atoms with Crippen molar-refractivity contribution in [2.75, 3.05) is 0 Å². The predicted molar refractivity (Wildman–Crippen MR) is 117 cm³/mol. The molecule has 0 saturated carbocycles. The molecule has 0 aliphatic heterocycles. The largest absolute Gasteiger partial charge is 0.308 e. The molecule has 4 rings (SSSR count). The second kappa shape index (κ2) is 6.36. The molecule has 26 heavy (non-hydrogen) atoms. The summed E-state index contributed by atoms with van der Waals surface area (Å²) in [6, 6.07) is 16.2. The van der Waals surface area contributed by atoms with Gasteiger partial charge in [-0.3, -0.25) is 4.79 Å². The molecule has 0 aliphatic carbocycles. The molecule has 0 N–H and O–H groups in total. The topological polar surface area (TPSA) is 22.0 Å². The molecule has 1 heterocycles. The number of rotatable bonds is 1. The zero-order chi connectivity index (χ0) is 18.6. The molecule has 0 amide bonds. The van der Waals surface area contributed by atoms with Gasteiger partial charge in [-0.05, 0) is 68.3 Å². The van der Waals surface area contributed by atoms with Crippen molar-refractivity contribution in [2.24, 2.45) is 0 Å². The first-order valence-corrected chi connectivity index (χ1v) is 9.97. The zero-order valence-corrected chi connectivity index (χ0v) is 17.9. The van der Waals surface area contributed by atoms with Gasteiger partial charge in [-0.15, -0.1) is 0 Å². The molecular formula is C22H17Br2NO. The van der Waals surface area contributed by atoms with Crippen molar-refractivity contribution in [3.63, 3.8) is 0 Å². The Morgan fingerprint density at radius 3 is 1.65 bits per heavy atom. The van der Waals surface area contributed by atoms with E-state index in [9.17, 15) is 4.79 Å². The van der Waals surface area contributed by atoms with E-state index in [1.807, 2.05) is 36.4 Å². The highest BCUT2D eigenvalue weighted by molar-refractivity contribution is 9.10. The van der Waals surface area contributed by atoms with Crippen LogP contribution in [0.1, 0.15) is 16.7 Å². The van der Waals surface area contributed by atoms with Crippen LogP contribution in [0.2, 0.25) is 0 Å². The molecule has 0 saturated heterocycles. The fourth-order valence-corrected chi connectivity index (χ4v) is 4.53. The molecule has 1 aromatic heterocycles. The number of nitrogens with zero attached hydrogens (tertiary/aromatic N) is 1. The Balaban J connectivity index is 2.31. The SMILES string of the molecule is Cc1cc(C)c(-n2c3ccc(Br)cc3c(=O)c3cc(Br)ccc32)c(C)c1. The van der Waals surface area contributed by atoms with E-state index in [4.69, 9.17) is 0 Å². The number of halogens is 2. The first kappa shape index (κ1) is 17.5. The van der Waals surface area contributed by atoms with Crippen LogP contribution in [-0.4, -0.2) is 4.57 Å². The van der Waals surface area contributed by atoms with Crippen LogP contribution in [0.4, 0.5) is 0 Å². The van der Waals surface area contributed by atoms with Gasteiger partial charge in [-0.25, -0.2) is 0 Å². The van der Waals surface area contributed by atoms with Gasteiger partial charge < -0.3 is 4.57 Å². The Bertz CT molecular complexity index is 1170. The lowest BCUT2D eigenvalue weighted by Crippen LogP contribution is -2.12. The number of pyridine rings is 1. The second-order valence-corrected chi connectivity index (χ2v) is 8.57. The average Bonchev–Trinajstić information content (AvgIpc) is 2.57. The molecule has 2 nitrogen and oxygen atoms in total. The van der Waals surface area contributed by atoms with Crippen molar-refractivity contribution in [3.05, 3.63) is 84.4 Å². The van der Waals surface area contributed by atoms with Crippen molar-refractivity contribution in [1.82, 2.24) is 4.57 Å². The van der Waals surface area contributed by atoms with Gasteiger partial charge in [0.15, 0.2) is 5.43 Å². The lowest BCUT2D eigenvalue weighted by molar-refractivity contribution is 1.10. The van der Waals surface area contributed by atoms with Crippen LogP contribution in [0.15, 0.2) is 62.3 Å². The van der Waals surface area contributed by atoms with E-state index in [2.05, 4.69) is 69.3 Å². The summed E-state index contributed by atoms with van der Waals surface area (Å²) in [6.45, 7) is 6.37. The third-order valence-corrected chi connectivity index (χ3v) is 5.73. The van der Waals surface area contributed by atoms with E-state index in [-0.39, 0.29) is 5.43 Å². The summed E-state index contributed by atoms with van der Waals surface area (Å²) in [4.78, 5) is 13.1. The van der Waals surface area contributed by atoms with Gasteiger partial charge in [-0.1, -0.05) is 49.6 Å². The van der Waals surface area contributed by atoms with Crippen LogP contribution < -0.4 is 5.43 Å². The number of fused-ring (bicyclic) bond motifs is 2. The lowest BCUT2D eigenvalue weighted by Gasteiger charge is -2.20. The third kappa shape index (κ3) is 2.72. The van der Waals surface area contributed by atoms with Crippen LogP contribution >= 0.6 is 31.9 Å². The fraction of sp³-hybridized carbons (Fsp3) is 0.136. The van der Waals surface area contributed by atoms with Crippen molar-refractivity contribution in [1.29, 1.82) is 0 Å². The molecular weight excluding hydrogens is 454 g/mol. The quantitative estimate of drug-likeness (QED) is 0.287. The van der Waals surface area contributed by atoms with Crippen LogP contribution in [0.5, 0.6) is 0 Å². The van der Waals surface area contributed by atoms with Crippen LogP contribution in [0.3, 0.4) is 0 Å². The van der Waals surface area contributed by atoms with E-state index in [1.165, 1.54) is 16.7 Å². The van der Waals surface area contributed by atoms with Crippen molar-refractivity contribution < 1.29 is 0 Å². The van der Waals surface area contributed by atoms with E-state index in [0.29, 0.717) is 10.8 Å². The molecule has 0 spiro atoms. The summed E-state index contributed by atoms with van der Waals surface area (Å²) in [5.74, 6) is 0. The Hall–Kier alpha value is -1.91. The summed E-state index contributed by atoms with van der Waals surface area (Å²) in [6.07, 6.45) is 0. The van der Waals surface area contributed by atoms with Crippen molar-refractivity contribution in [2.45, 2.75) is 20.8 Å². The Morgan fingerprint density at radius 2 is 1.19 bits per heavy atom. The van der Waals surface area contributed by atoms with Gasteiger partial charge in [0.25, 0.3) is 0 Å². The summed E-state index contributed by atoms with van der Waals surface area (Å²) in [5, 5.41) is 1.42. The number of aryl methyl sites for hydroxylation is 3. The van der Waals surface area contributed by atoms with E-state index < -0.39 is 0 Å². The van der Waals surface area contributed by atoms with E-state index in [1.54, 1.807) is 0 Å².